The zero-order valence-corrected chi connectivity index (χ0v) is 13.5. The number of aryl methyl sites for hydroxylation is 2. The highest BCUT2D eigenvalue weighted by Crippen LogP contribution is 2.40. The Morgan fingerprint density at radius 2 is 2.17 bits per heavy atom. The van der Waals surface area contributed by atoms with E-state index >= 15 is 0 Å². The molecule has 7 heteroatoms. The van der Waals surface area contributed by atoms with Crippen molar-refractivity contribution in [3.05, 3.63) is 23.0 Å². The van der Waals surface area contributed by atoms with E-state index < -0.39 is 12.0 Å². The fraction of sp³-hybridized carbons (Fsp3) is 0.500. The van der Waals surface area contributed by atoms with Gasteiger partial charge in [0, 0.05) is 18.7 Å². The van der Waals surface area contributed by atoms with Crippen LogP contribution >= 0.6 is 0 Å². The second-order valence-electron chi connectivity index (χ2n) is 6.05. The number of carboxylic acid groups (broad SMARTS) is 1. The third-order valence-corrected chi connectivity index (χ3v) is 4.24. The Morgan fingerprint density at radius 3 is 2.74 bits per heavy atom. The summed E-state index contributed by atoms with van der Waals surface area (Å²) in [6, 6.07) is 0.894. The minimum Gasteiger partial charge on any atom is -0.480 e. The number of nitrogens with zero attached hydrogens (tertiary/aromatic N) is 3. The summed E-state index contributed by atoms with van der Waals surface area (Å²) >= 11 is 0. The molecule has 1 atom stereocenters. The number of carbonyl (C=O) groups is 2. The predicted octanol–water partition coefficient (Wildman–Crippen LogP) is 1.75. The van der Waals surface area contributed by atoms with Gasteiger partial charge in [0.2, 0.25) is 0 Å². The number of aromatic nitrogens is 3. The van der Waals surface area contributed by atoms with Crippen molar-refractivity contribution in [1.29, 1.82) is 0 Å². The molecule has 3 rings (SSSR count). The van der Waals surface area contributed by atoms with Crippen molar-refractivity contribution in [3.8, 4) is 0 Å². The van der Waals surface area contributed by atoms with E-state index in [1.54, 1.807) is 24.7 Å². The lowest BCUT2D eigenvalue weighted by molar-refractivity contribution is -0.139. The van der Waals surface area contributed by atoms with Gasteiger partial charge in [0.1, 0.15) is 6.04 Å². The topological polar surface area (TPSA) is 97.1 Å². The third-order valence-electron chi connectivity index (χ3n) is 4.24. The van der Waals surface area contributed by atoms with Gasteiger partial charge in [0.05, 0.1) is 16.6 Å². The molecule has 0 spiro atoms. The Bertz CT molecular complexity index is 792. The van der Waals surface area contributed by atoms with Gasteiger partial charge in [-0.3, -0.25) is 9.48 Å². The summed E-state index contributed by atoms with van der Waals surface area (Å²) in [7, 11) is 1.80. The Morgan fingerprint density at radius 1 is 1.48 bits per heavy atom. The lowest BCUT2D eigenvalue weighted by Gasteiger charge is -2.13. The van der Waals surface area contributed by atoms with Gasteiger partial charge >= 0.3 is 5.97 Å². The maximum absolute atomic E-state index is 12.6. The Balaban J connectivity index is 2.07. The van der Waals surface area contributed by atoms with Crippen LogP contribution < -0.4 is 5.32 Å². The van der Waals surface area contributed by atoms with Crippen LogP contribution in [-0.4, -0.2) is 37.8 Å². The molecule has 2 heterocycles. The average Bonchev–Trinajstić information content (AvgIpc) is 3.31. The monoisotopic (exact) mass is 316 g/mol. The number of nitrogens with one attached hydrogen (secondary N) is 1. The standard InChI is InChI=1S/C16H20N4O3/c1-4-11(16(22)23)18-15(21)10-7-12(9-5-6-9)17-14-13(10)8(2)19-20(14)3/h7,9,11H,4-6H2,1-3H3,(H,18,21)(H,22,23). The molecule has 1 fully saturated rings. The fourth-order valence-electron chi connectivity index (χ4n) is 2.81. The summed E-state index contributed by atoms with van der Waals surface area (Å²) in [5, 5.41) is 16.8. The first-order valence-electron chi connectivity index (χ1n) is 7.80. The number of pyridine rings is 1. The zero-order valence-electron chi connectivity index (χ0n) is 13.5. The maximum atomic E-state index is 12.6. The lowest BCUT2D eigenvalue weighted by atomic mass is 10.1. The van der Waals surface area contributed by atoms with Gasteiger partial charge in [0.15, 0.2) is 5.65 Å². The molecule has 0 saturated heterocycles. The average molecular weight is 316 g/mol. The van der Waals surface area contributed by atoms with Gasteiger partial charge in [0.25, 0.3) is 5.91 Å². The number of carbonyl (C=O) groups excluding carboxylic acids is 1. The van der Waals surface area contributed by atoms with Crippen LogP contribution in [-0.2, 0) is 11.8 Å². The second-order valence-corrected chi connectivity index (χ2v) is 6.05. The Labute approximate surface area is 133 Å². The molecule has 0 radical (unpaired) electrons. The van der Waals surface area contributed by atoms with Gasteiger partial charge in [-0.05, 0) is 32.3 Å². The van der Waals surface area contributed by atoms with Crippen molar-refractivity contribution < 1.29 is 14.7 Å². The molecule has 1 unspecified atom stereocenters. The molecule has 1 aliphatic rings. The summed E-state index contributed by atoms with van der Waals surface area (Å²) in [5.74, 6) is -1.02. The molecule has 122 valence electrons. The summed E-state index contributed by atoms with van der Waals surface area (Å²) < 4.78 is 1.67. The van der Waals surface area contributed by atoms with Crippen molar-refractivity contribution >= 4 is 22.9 Å². The molecule has 2 N–H and O–H groups in total. The van der Waals surface area contributed by atoms with Crippen LogP contribution in [0.3, 0.4) is 0 Å². The van der Waals surface area contributed by atoms with Crippen molar-refractivity contribution in [2.45, 2.75) is 45.1 Å². The molecule has 1 saturated carbocycles. The SMILES string of the molecule is CCC(NC(=O)c1cc(C2CC2)nc2c1c(C)nn2C)C(=O)O. The van der Waals surface area contributed by atoms with Crippen molar-refractivity contribution in [1.82, 2.24) is 20.1 Å². The molecule has 23 heavy (non-hydrogen) atoms. The quantitative estimate of drug-likeness (QED) is 0.876. The van der Waals surface area contributed by atoms with E-state index in [0.717, 1.165) is 18.5 Å². The van der Waals surface area contributed by atoms with E-state index in [1.165, 1.54) is 0 Å². The minimum absolute atomic E-state index is 0.330. The molecule has 0 bridgehead atoms. The molecule has 2 aromatic heterocycles. The highest BCUT2D eigenvalue weighted by Gasteiger charge is 2.29. The van der Waals surface area contributed by atoms with Crippen LogP contribution in [0.15, 0.2) is 6.07 Å². The first-order chi connectivity index (χ1) is 10.9. The van der Waals surface area contributed by atoms with Gasteiger partial charge in [-0.25, -0.2) is 9.78 Å². The zero-order chi connectivity index (χ0) is 16.7. The predicted molar refractivity (Wildman–Crippen MR) is 84.4 cm³/mol. The fourth-order valence-corrected chi connectivity index (χ4v) is 2.81. The number of amides is 1. The van der Waals surface area contributed by atoms with Crippen LogP contribution in [0.5, 0.6) is 0 Å². The second kappa shape index (κ2) is 5.64. The molecule has 0 aliphatic heterocycles. The smallest absolute Gasteiger partial charge is 0.326 e. The normalized spacial score (nSPS) is 15.6. The Kier molecular flexibility index (Phi) is 3.79. The van der Waals surface area contributed by atoms with Crippen molar-refractivity contribution in [2.24, 2.45) is 7.05 Å². The number of carboxylic acids is 1. The summed E-state index contributed by atoms with van der Waals surface area (Å²) in [4.78, 5) is 28.5. The molecule has 1 aliphatic carbocycles. The number of aliphatic carboxylic acids is 1. The van der Waals surface area contributed by atoms with Crippen molar-refractivity contribution in [3.63, 3.8) is 0 Å². The molecule has 7 nitrogen and oxygen atoms in total. The molecule has 2 aromatic rings. The van der Waals surface area contributed by atoms with Crippen LogP contribution in [0.1, 0.15) is 53.8 Å². The van der Waals surface area contributed by atoms with E-state index in [4.69, 9.17) is 5.11 Å². The van der Waals surface area contributed by atoms with Gasteiger partial charge in [-0.1, -0.05) is 6.92 Å². The van der Waals surface area contributed by atoms with Crippen molar-refractivity contribution in [2.75, 3.05) is 0 Å². The summed E-state index contributed by atoms with van der Waals surface area (Å²) in [6.07, 6.45) is 2.48. The van der Waals surface area contributed by atoms with Crippen LogP contribution in [0, 0.1) is 6.92 Å². The van der Waals surface area contributed by atoms with E-state index in [9.17, 15) is 9.59 Å². The summed E-state index contributed by atoms with van der Waals surface area (Å²) in [5.41, 5.74) is 2.72. The van der Waals surface area contributed by atoms with Crippen LogP contribution in [0.25, 0.3) is 11.0 Å². The van der Waals surface area contributed by atoms with E-state index in [1.807, 2.05) is 6.92 Å². The highest BCUT2D eigenvalue weighted by atomic mass is 16.4. The first kappa shape index (κ1) is 15.5. The Hall–Kier alpha value is -2.44. The minimum atomic E-state index is -1.03. The summed E-state index contributed by atoms with van der Waals surface area (Å²) in [6.45, 7) is 3.55. The first-order valence-corrected chi connectivity index (χ1v) is 7.80. The number of fused-ring (bicyclic) bond motifs is 1. The third kappa shape index (κ3) is 2.78. The van der Waals surface area contributed by atoms with Gasteiger partial charge in [-0.2, -0.15) is 5.10 Å². The molecular formula is C16H20N4O3. The maximum Gasteiger partial charge on any atom is 0.326 e. The van der Waals surface area contributed by atoms with Crippen LogP contribution in [0.2, 0.25) is 0 Å². The number of hydrogen-bond acceptors (Lipinski definition) is 4. The molecular weight excluding hydrogens is 296 g/mol. The lowest BCUT2D eigenvalue weighted by Crippen LogP contribution is -2.40. The van der Waals surface area contributed by atoms with E-state index in [0.29, 0.717) is 34.6 Å². The van der Waals surface area contributed by atoms with Gasteiger partial charge in [-0.15, -0.1) is 0 Å². The molecule has 0 aromatic carbocycles. The van der Waals surface area contributed by atoms with E-state index in [2.05, 4.69) is 15.4 Å². The molecule has 1 amide bonds. The number of rotatable bonds is 5. The largest absolute Gasteiger partial charge is 0.480 e. The van der Waals surface area contributed by atoms with Gasteiger partial charge < -0.3 is 10.4 Å². The highest BCUT2D eigenvalue weighted by molar-refractivity contribution is 6.07. The number of hydrogen-bond donors (Lipinski definition) is 2. The van der Waals surface area contributed by atoms with E-state index in [-0.39, 0.29) is 5.91 Å². The van der Waals surface area contributed by atoms with Crippen LogP contribution in [0.4, 0.5) is 0 Å².